The molecule has 2 aliphatic rings. The summed E-state index contributed by atoms with van der Waals surface area (Å²) in [6.45, 7) is 4.34. The molecule has 8 nitrogen and oxygen atoms in total. The van der Waals surface area contributed by atoms with Crippen molar-refractivity contribution in [2.24, 2.45) is 10.9 Å². The minimum Gasteiger partial charge on any atom is -0.493 e. The lowest BCUT2D eigenvalue weighted by Gasteiger charge is -2.18. The first-order chi connectivity index (χ1) is 14.3. The SMILES string of the molecule is CC(C)C(C(=O)O)n1c(O)c(/C=C2\C=c3cc4c(cc3=NC2=O)OCCO4)sc1=S. The molecule has 0 spiro atoms. The van der Waals surface area contributed by atoms with Gasteiger partial charge in [0.2, 0.25) is 5.88 Å². The molecule has 0 bridgehead atoms. The fourth-order valence-corrected chi connectivity index (χ4v) is 4.71. The van der Waals surface area contributed by atoms with Crippen molar-refractivity contribution in [3.05, 3.63) is 37.1 Å². The number of nitrogens with zero attached hydrogens (tertiary/aromatic N) is 2. The molecule has 0 radical (unpaired) electrons. The molecule has 1 atom stereocenters. The predicted molar refractivity (Wildman–Crippen MR) is 112 cm³/mol. The number of carbonyl (C=O) groups excluding carboxylic acids is 1. The van der Waals surface area contributed by atoms with E-state index in [0.717, 1.165) is 11.3 Å². The van der Waals surface area contributed by atoms with Gasteiger partial charge in [-0.05, 0) is 36.4 Å². The zero-order valence-corrected chi connectivity index (χ0v) is 17.7. The van der Waals surface area contributed by atoms with Crippen LogP contribution < -0.4 is 20.0 Å². The molecule has 2 N–H and O–H groups in total. The number of rotatable bonds is 4. The molecule has 0 aliphatic carbocycles. The third-order valence-corrected chi connectivity index (χ3v) is 6.10. The molecule has 10 heteroatoms. The monoisotopic (exact) mass is 446 g/mol. The molecule has 156 valence electrons. The molecule has 2 aliphatic heterocycles. The number of hydrogen-bond acceptors (Lipinski definition) is 7. The van der Waals surface area contributed by atoms with Gasteiger partial charge in [0.1, 0.15) is 19.3 Å². The van der Waals surface area contributed by atoms with E-state index in [1.807, 2.05) is 0 Å². The first-order valence-electron chi connectivity index (χ1n) is 9.19. The highest BCUT2D eigenvalue weighted by Gasteiger charge is 2.28. The first-order valence-corrected chi connectivity index (χ1v) is 10.4. The van der Waals surface area contributed by atoms with Gasteiger partial charge in [-0.3, -0.25) is 9.36 Å². The van der Waals surface area contributed by atoms with Crippen LogP contribution >= 0.6 is 23.6 Å². The Morgan fingerprint density at radius 1 is 1.30 bits per heavy atom. The van der Waals surface area contributed by atoms with Gasteiger partial charge in [-0.2, -0.15) is 0 Å². The topological polar surface area (TPSA) is 110 Å². The van der Waals surface area contributed by atoms with Crippen LogP contribution in [0.15, 0.2) is 22.7 Å². The summed E-state index contributed by atoms with van der Waals surface area (Å²) in [6, 6.07) is 2.40. The van der Waals surface area contributed by atoms with E-state index >= 15 is 0 Å². The minimum atomic E-state index is -1.09. The average molecular weight is 447 g/mol. The second-order valence-corrected chi connectivity index (χ2v) is 8.84. The average Bonchev–Trinajstić information content (AvgIpc) is 2.94. The van der Waals surface area contributed by atoms with Crippen molar-refractivity contribution in [2.75, 3.05) is 13.2 Å². The summed E-state index contributed by atoms with van der Waals surface area (Å²) in [5.74, 6) is -1.04. The van der Waals surface area contributed by atoms with Crippen LogP contribution in [0.1, 0.15) is 24.8 Å². The van der Waals surface area contributed by atoms with Crippen molar-refractivity contribution in [3.63, 3.8) is 0 Å². The number of fused-ring (bicyclic) bond motifs is 2. The Balaban J connectivity index is 1.81. The van der Waals surface area contributed by atoms with E-state index in [1.165, 1.54) is 10.6 Å². The third kappa shape index (κ3) is 3.52. The number of thiazole rings is 1. The summed E-state index contributed by atoms with van der Waals surface area (Å²) < 4.78 is 12.5. The van der Waals surface area contributed by atoms with Crippen LogP contribution in [0.3, 0.4) is 0 Å². The van der Waals surface area contributed by atoms with Crippen molar-refractivity contribution in [3.8, 4) is 17.4 Å². The normalized spacial score (nSPS) is 17.3. The number of carboxylic acids is 1. The third-order valence-electron chi connectivity index (χ3n) is 4.76. The number of aromatic nitrogens is 1. The molecule has 1 unspecified atom stereocenters. The minimum absolute atomic E-state index is 0.209. The Morgan fingerprint density at radius 3 is 2.60 bits per heavy atom. The Labute approximate surface area is 180 Å². The van der Waals surface area contributed by atoms with Gasteiger partial charge in [0.05, 0.1) is 10.2 Å². The van der Waals surface area contributed by atoms with Gasteiger partial charge >= 0.3 is 5.97 Å². The molecule has 0 fully saturated rings. The van der Waals surface area contributed by atoms with E-state index in [2.05, 4.69) is 4.99 Å². The molecular formula is C20H18N2O6S2. The lowest BCUT2D eigenvalue weighted by molar-refractivity contribution is -0.142. The van der Waals surface area contributed by atoms with Gasteiger partial charge in [0.15, 0.2) is 15.5 Å². The summed E-state index contributed by atoms with van der Waals surface area (Å²) >= 11 is 6.32. The van der Waals surface area contributed by atoms with Crippen molar-refractivity contribution in [2.45, 2.75) is 19.9 Å². The second kappa shape index (κ2) is 7.69. The zero-order valence-electron chi connectivity index (χ0n) is 16.1. The molecule has 30 heavy (non-hydrogen) atoms. The molecular weight excluding hydrogens is 428 g/mol. The summed E-state index contributed by atoms with van der Waals surface area (Å²) in [5.41, 5.74) is 0.245. The quantitative estimate of drug-likeness (QED) is 0.546. The van der Waals surface area contributed by atoms with E-state index in [0.29, 0.717) is 40.2 Å². The van der Waals surface area contributed by atoms with Crippen LogP contribution in [0.5, 0.6) is 17.4 Å². The second-order valence-electron chi connectivity index (χ2n) is 7.17. The fraction of sp³-hybridized carbons (Fsp3) is 0.300. The molecule has 3 heterocycles. The van der Waals surface area contributed by atoms with Gasteiger partial charge in [-0.15, -0.1) is 11.3 Å². The predicted octanol–water partition coefficient (Wildman–Crippen LogP) is 2.06. The van der Waals surface area contributed by atoms with E-state index in [9.17, 15) is 19.8 Å². The van der Waals surface area contributed by atoms with Gasteiger partial charge in [-0.25, -0.2) is 9.79 Å². The maximum Gasteiger partial charge on any atom is 0.327 e. The number of ether oxygens (including phenoxy) is 2. The Bertz CT molecular complexity index is 1270. The van der Waals surface area contributed by atoms with E-state index in [-0.39, 0.29) is 21.3 Å². The lowest BCUT2D eigenvalue weighted by Crippen LogP contribution is -2.32. The number of hydrogen-bond donors (Lipinski definition) is 2. The number of benzene rings is 1. The highest BCUT2D eigenvalue weighted by molar-refractivity contribution is 7.73. The zero-order chi connectivity index (χ0) is 21.6. The van der Waals surface area contributed by atoms with Crippen molar-refractivity contribution in [1.82, 2.24) is 4.57 Å². The number of amides is 1. The smallest absolute Gasteiger partial charge is 0.327 e. The number of carboxylic acid groups (broad SMARTS) is 1. The van der Waals surface area contributed by atoms with E-state index in [1.54, 1.807) is 32.1 Å². The highest BCUT2D eigenvalue weighted by Crippen LogP contribution is 2.34. The fourth-order valence-electron chi connectivity index (χ4n) is 3.38. The number of carbonyl (C=O) groups is 2. The summed E-state index contributed by atoms with van der Waals surface area (Å²) in [7, 11) is 0. The molecule has 4 rings (SSSR count). The van der Waals surface area contributed by atoms with Crippen molar-refractivity contribution in [1.29, 1.82) is 0 Å². The molecule has 1 aromatic carbocycles. The Hall–Kier alpha value is -2.98. The summed E-state index contributed by atoms with van der Waals surface area (Å²) in [4.78, 5) is 28.6. The van der Waals surface area contributed by atoms with Crippen LogP contribution in [0, 0.1) is 9.87 Å². The van der Waals surface area contributed by atoms with Gasteiger partial charge in [0.25, 0.3) is 5.91 Å². The molecule has 2 aromatic rings. The number of aromatic hydroxyl groups is 1. The largest absolute Gasteiger partial charge is 0.493 e. The van der Waals surface area contributed by atoms with Crippen LogP contribution in [-0.2, 0) is 9.59 Å². The van der Waals surface area contributed by atoms with Crippen LogP contribution in [0.2, 0.25) is 0 Å². The standard InChI is InChI=1S/C20H18N2O6S2/c1-9(2)16(19(25)26)22-18(24)15(30-20(22)29)7-11-5-10-6-13-14(28-4-3-27-13)8-12(10)21-17(11)23/h5-9,16,24H,3-4H2,1-2H3,(H,25,26)/b11-7+. The first kappa shape index (κ1) is 20.3. The summed E-state index contributed by atoms with van der Waals surface area (Å²) in [6.07, 6.45) is 3.11. The van der Waals surface area contributed by atoms with Crippen LogP contribution in [0.25, 0.3) is 12.2 Å². The Morgan fingerprint density at radius 2 is 1.97 bits per heavy atom. The van der Waals surface area contributed by atoms with Crippen LogP contribution in [0.4, 0.5) is 0 Å². The lowest BCUT2D eigenvalue weighted by atomic mass is 10.0. The maximum atomic E-state index is 12.5. The van der Waals surface area contributed by atoms with E-state index in [4.69, 9.17) is 21.7 Å². The van der Waals surface area contributed by atoms with Crippen molar-refractivity contribution >= 4 is 47.6 Å². The molecule has 1 amide bonds. The van der Waals surface area contributed by atoms with Gasteiger partial charge in [0, 0.05) is 16.9 Å². The molecule has 1 aromatic heterocycles. The van der Waals surface area contributed by atoms with Crippen LogP contribution in [-0.4, -0.2) is 39.9 Å². The van der Waals surface area contributed by atoms with Crippen molar-refractivity contribution < 1.29 is 29.3 Å². The summed E-state index contributed by atoms with van der Waals surface area (Å²) in [5, 5.41) is 21.3. The highest BCUT2D eigenvalue weighted by atomic mass is 32.1. The number of aliphatic carboxylic acids is 1. The Kier molecular flexibility index (Phi) is 5.20. The van der Waals surface area contributed by atoms with E-state index < -0.39 is 17.9 Å². The molecule has 0 saturated heterocycles. The van der Waals surface area contributed by atoms with Gasteiger partial charge < -0.3 is 19.7 Å². The van der Waals surface area contributed by atoms with Gasteiger partial charge in [-0.1, -0.05) is 13.8 Å². The molecule has 0 saturated carbocycles. The maximum absolute atomic E-state index is 12.5.